The molecule has 1 aromatic carbocycles. The fourth-order valence-corrected chi connectivity index (χ4v) is 2.56. The van der Waals surface area contributed by atoms with Crippen molar-refractivity contribution in [2.75, 3.05) is 6.26 Å². The van der Waals surface area contributed by atoms with Crippen LogP contribution in [0.3, 0.4) is 0 Å². The summed E-state index contributed by atoms with van der Waals surface area (Å²) in [5.41, 5.74) is 0.201. The quantitative estimate of drug-likeness (QED) is 0.869. The van der Waals surface area contributed by atoms with E-state index >= 15 is 0 Å². The van der Waals surface area contributed by atoms with Crippen LogP contribution >= 0.6 is 27.7 Å². The Hall–Kier alpha value is -0.780. The number of rotatable bonds is 3. The number of thioether (sulfide) groups is 1. The Labute approximate surface area is 111 Å². The minimum atomic E-state index is -1.11. The van der Waals surface area contributed by atoms with Crippen LogP contribution in [-0.4, -0.2) is 11.4 Å². The molecule has 0 radical (unpaired) electrons. The van der Waals surface area contributed by atoms with Gasteiger partial charge in [0.05, 0.1) is 6.26 Å². The summed E-state index contributed by atoms with van der Waals surface area (Å²) in [4.78, 5) is 0.494. The van der Waals surface area contributed by atoms with Crippen LogP contribution in [-0.2, 0) is 0 Å². The average Bonchev–Trinajstić information content (AvgIpc) is 2.82. The maximum absolute atomic E-state index is 14.1. The molecule has 1 unspecified atom stereocenters. The second-order valence-electron chi connectivity index (χ2n) is 3.40. The van der Waals surface area contributed by atoms with Crippen molar-refractivity contribution in [1.82, 2.24) is 0 Å². The average molecular weight is 317 g/mol. The van der Waals surface area contributed by atoms with E-state index in [1.807, 2.05) is 0 Å². The molecule has 0 bridgehead atoms. The predicted molar refractivity (Wildman–Crippen MR) is 68.7 cm³/mol. The lowest BCUT2D eigenvalue weighted by Gasteiger charge is -2.13. The van der Waals surface area contributed by atoms with Crippen LogP contribution in [0.1, 0.15) is 17.4 Å². The van der Waals surface area contributed by atoms with Gasteiger partial charge in [-0.25, -0.2) is 4.39 Å². The Morgan fingerprint density at radius 2 is 2.18 bits per heavy atom. The summed E-state index contributed by atoms with van der Waals surface area (Å²) in [6.45, 7) is 0. The van der Waals surface area contributed by atoms with Crippen molar-refractivity contribution >= 4 is 27.7 Å². The molecule has 90 valence electrons. The summed E-state index contributed by atoms with van der Waals surface area (Å²) in [5, 5.41) is 10.1. The van der Waals surface area contributed by atoms with E-state index in [1.54, 1.807) is 30.5 Å². The van der Waals surface area contributed by atoms with Crippen molar-refractivity contribution in [3.63, 3.8) is 0 Å². The van der Waals surface area contributed by atoms with Crippen molar-refractivity contribution < 1.29 is 13.9 Å². The summed E-state index contributed by atoms with van der Waals surface area (Å²) < 4.78 is 19.7. The molecule has 1 aromatic heterocycles. The molecule has 17 heavy (non-hydrogen) atoms. The van der Waals surface area contributed by atoms with Gasteiger partial charge < -0.3 is 9.52 Å². The Bertz CT molecular complexity index is 513. The fraction of sp³-hybridized carbons (Fsp3) is 0.167. The van der Waals surface area contributed by atoms with Crippen molar-refractivity contribution in [2.45, 2.75) is 11.0 Å². The minimum Gasteiger partial charge on any atom is -0.466 e. The molecular formula is C12H10BrFO2S. The Balaban J connectivity index is 2.51. The molecule has 0 spiro atoms. The maximum Gasteiger partial charge on any atom is 0.144 e. The molecule has 2 aromatic rings. The first-order valence-corrected chi connectivity index (χ1v) is 6.90. The monoisotopic (exact) mass is 316 g/mol. The van der Waals surface area contributed by atoms with Crippen molar-refractivity contribution in [1.29, 1.82) is 0 Å². The van der Waals surface area contributed by atoms with E-state index in [0.29, 0.717) is 15.1 Å². The van der Waals surface area contributed by atoms with E-state index in [-0.39, 0.29) is 5.56 Å². The molecule has 1 heterocycles. The Morgan fingerprint density at radius 3 is 2.76 bits per heavy atom. The molecule has 0 aliphatic rings. The van der Waals surface area contributed by atoms with Gasteiger partial charge in [-0.2, -0.15) is 0 Å². The lowest BCUT2D eigenvalue weighted by molar-refractivity contribution is 0.183. The number of benzene rings is 1. The van der Waals surface area contributed by atoms with Crippen molar-refractivity contribution in [3.8, 4) is 0 Å². The first-order chi connectivity index (χ1) is 8.15. The highest BCUT2D eigenvalue weighted by atomic mass is 79.9. The van der Waals surface area contributed by atoms with Gasteiger partial charge in [0.15, 0.2) is 0 Å². The second-order valence-corrected chi connectivity index (χ2v) is 5.10. The van der Waals surface area contributed by atoms with Crippen LogP contribution in [0.2, 0.25) is 0 Å². The summed E-state index contributed by atoms with van der Waals surface area (Å²) in [5.74, 6) is -0.0985. The summed E-state index contributed by atoms with van der Waals surface area (Å²) in [6.07, 6.45) is 2.13. The summed E-state index contributed by atoms with van der Waals surface area (Å²) in [7, 11) is 0. The highest BCUT2D eigenvalue weighted by Gasteiger charge is 2.22. The smallest absolute Gasteiger partial charge is 0.144 e. The third-order valence-electron chi connectivity index (χ3n) is 2.40. The van der Waals surface area contributed by atoms with Crippen LogP contribution in [0.4, 0.5) is 4.39 Å². The molecule has 0 aliphatic heterocycles. The normalized spacial score (nSPS) is 12.7. The van der Waals surface area contributed by atoms with E-state index in [0.717, 1.165) is 0 Å². The van der Waals surface area contributed by atoms with Gasteiger partial charge >= 0.3 is 0 Å². The first kappa shape index (κ1) is 12.7. The van der Waals surface area contributed by atoms with E-state index in [1.165, 1.54) is 18.0 Å². The largest absolute Gasteiger partial charge is 0.466 e. The van der Waals surface area contributed by atoms with Crippen molar-refractivity contribution in [3.05, 3.63) is 52.1 Å². The molecule has 0 saturated carbocycles. The molecular weight excluding hydrogens is 307 g/mol. The minimum absolute atomic E-state index is 0.201. The molecule has 1 N–H and O–H groups in total. The fourth-order valence-electron chi connectivity index (χ4n) is 1.55. The van der Waals surface area contributed by atoms with E-state index < -0.39 is 11.9 Å². The zero-order valence-electron chi connectivity index (χ0n) is 8.98. The summed E-state index contributed by atoms with van der Waals surface area (Å²) in [6, 6.07) is 6.66. The van der Waals surface area contributed by atoms with E-state index in [9.17, 15) is 9.50 Å². The third kappa shape index (κ3) is 2.41. The Morgan fingerprint density at radius 1 is 1.41 bits per heavy atom. The molecule has 2 rings (SSSR count). The summed E-state index contributed by atoms with van der Waals surface area (Å²) >= 11 is 4.54. The number of furan rings is 1. The molecule has 5 heteroatoms. The number of hydrogen-bond donors (Lipinski definition) is 1. The van der Waals surface area contributed by atoms with Gasteiger partial charge in [0.1, 0.15) is 17.7 Å². The van der Waals surface area contributed by atoms with Crippen LogP contribution in [0, 0.1) is 5.82 Å². The van der Waals surface area contributed by atoms with Gasteiger partial charge in [0.25, 0.3) is 0 Å². The van der Waals surface area contributed by atoms with Crippen LogP contribution < -0.4 is 0 Å². The highest BCUT2D eigenvalue weighted by Crippen LogP contribution is 2.35. The van der Waals surface area contributed by atoms with Crippen molar-refractivity contribution in [2.24, 2.45) is 0 Å². The van der Waals surface area contributed by atoms with Gasteiger partial charge in [0, 0.05) is 14.9 Å². The van der Waals surface area contributed by atoms with Crippen LogP contribution in [0.5, 0.6) is 0 Å². The number of hydrogen-bond acceptors (Lipinski definition) is 3. The van der Waals surface area contributed by atoms with E-state index in [2.05, 4.69) is 15.9 Å². The molecule has 0 fully saturated rings. The zero-order valence-corrected chi connectivity index (χ0v) is 11.4. The van der Waals surface area contributed by atoms with Crippen LogP contribution in [0.15, 0.2) is 44.3 Å². The topological polar surface area (TPSA) is 33.4 Å². The van der Waals surface area contributed by atoms with Crippen LogP contribution in [0.25, 0.3) is 0 Å². The molecule has 0 saturated heterocycles. The van der Waals surface area contributed by atoms with Gasteiger partial charge in [-0.3, -0.25) is 0 Å². The number of aliphatic hydroxyl groups is 1. The number of halogens is 2. The number of aliphatic hydroxyl groups excluding tert-OH is 1. The van der Waals surface area contributed by atoms with Gasteiger partial charge in [-0.15, -0.1) is 11.8 Å². The Kier molecular flexibility index (Phi) is 3.91. The predicted octanol–water partition coefficient (Wildman–Crippen LogP) is 3.98. The zero-order chi connectivity index (χ0) is 12.4. The molecule has 1 atom stereocenters. The highest BCUT2D eigenvalue weighted by molar-refractivity contribution is 9.10. The lowest BCUT2D eigenvalue weighted by Crippen LogP contribution is -2.03. The third-order valence-corrected chi connectivity index (χ3v) is 3.84. The molecule has 0 aliphatic carbocycles. The van der Waals surface area contributed by atoms with Gasteiger partial charge in [-0.05, 0) is 30.5 Å². The molecule has 2 nitrogen and oxygen atoms in total. The molecule has 0 amide bonds. The lowest BCUT2D eigenvalue weighted by atomic mass is 10.1. The first-order valence-electron chi connectivity index (χ1n) is 4.88. The van der Waals surface area contributed by atoms with E-state index in [4.69, 9.17) is 4.42 Å². The second kappa shape index (κ2) is 5.25. The van der Waals surface area contributed by atoms with Gasteiger partial charge in [0.2, 0.25) is 0 Å². The standard InChI is InChI=1S/C12H10BrFO2S/c1-17-9-5-4-7(13)10(11(9)14)12(15)8-3-2-6-16-8/h2-6,12,15H,1H3. The maximum atomic E-state index is 14.1. The SMILES string of the molecule is CSc1ccc(Br)c(C(O)c2ccco2)c1F. The van der Waals surface area contributed by atoms with Gasteiger partial charge in [-0.1, -0.05) is 15.9 Å².